The Morgan fingerprint density at radius 2 is 2.00 bits per heavy atom. The number of nitrogens with one attached hydrogen (secondary N) is 1. The summed E-state index contributed by atoms with van der Waals surface area (Å²) in [5, 5.41) is 12.2. The van der Waals surface area contributed by atoms with Crippen LogP contribution >= 0.6 is 0 Å². The first kappa shape index (κ1) is 15.4. The van der Waals surface area contributed by atoms with E-state index in [9.17, 15) is 10.1 Å². The van der Waals surface area contributed by atoms with Crippen LogP contribution in [-0.4, -0.2) is 18.6 Å². The second-order valence-electron chi connectivity index (χ2n) is 5.44. The number of carbonyl (C=O) groups excluding carboxylic acids is 1. The fourth-order valence-corrected chi connectivity index (χ4v) is 2.82. The smallest absolute Gasteiger partial charge is 0.252 e. The van der Waals surface area contributed by atoms with Crippen LogP contribution in [0.2, 0.25) is 0 Å². The maximum absolute atomic E-state index is 12.2. The molecule has 1 atom stereocenters. The molecule has 0 aliphatic heterocycles. The van der Waals surface area contributed by atoms with Crippen LogP contribution in [0.15, 0.2) is 24.3 Å². The molecule has 1 amide bonds. The normalized spacial score (nSPS) is 16.8. The SMILES string of the molecule is CCOc1ccc(C(=O)NC(C#N)C2CCCCC2)cc1. The van der Waals surface area contributed by atoms with Crippen molar-refractivity contribution in [2.45, 2.75) is 45.1 Å². The van der Waals surface area contributed by atoms with Crippen molar-refractivity contribution < 1.29 is 9.53 Å². The number of rotatable bonds is 5. The molecule has 2 rings (SSSR count). The number of nitrogens with zero attached hydrogens (tertiary/aromatic N) is 1. The lowest BCUT2D eigenvalue weighted by Crippen LogP contribution is -2.40. The molecule has 0 radical (unpaired) electrons. The maximum atomic E-state index is 12.2. The molecule has 0 spiro atoms. The van der Waals surface area contributed by atoms with Crippen molar-refractivity contribution >= 4 is 5.91 Å². The van der Waals surface area contributed by atoms with Crippen molar-refractivity contribution in [1.29, 1.82) is 5.26 Å². The molecule has 1 aromatic rings. The molecule has 1 saturated carbocycles. The minimum atomic E-state index is -0.385. The quantitative estimate of drug-likeness (QED) is 0.903. The van der Waals surface area contributed by atoms with Gasteiger partial charge in [0.1, 0.15) is 11.8 Å². The van der Waals surface area contributed by atoms with E-state index >= 15 is 0 Å². The Kier molecular flexibility index (Phi) is 5.62. The molecule has 4 nitrogen and oxygen atoms in total. The fourth-order valence-electron chi connectivity index (χ4n) is 2.82. The van der Waals surface area contributed by atoms with E-state index in [0.717, 1.165) is 31.4 Å². The van der Waals surface area contributed by atoms with Gasteiger partial charge in [-0.1, -0.05) is 19.3 Å². The molecule has 1 N–H and O–H groups in total. The summed E-state index contributed by atoms with van der Waals surface area (Å²) in [6.45, 7) is 2.52. The molecule has 0 bridgehead atoms. The second kappa shape index (κ2) is 7.68. The summed E-state index contributed by atoms with van der Waals surface area (Å²) in [5.41, 5.74) is 0.564. The van der Waals surface area contributed by atoms with Crippen LogP contribution in [-0.2, 0) is 0 Å². The lowest BCUT2D eigenvalue weighted by Gasteiger charge is -2.26. The first-order chi connectivity index (χ1) is 10.2. The second-order valence-corrected chi connectivity index (χ2v) is 5.44. The van der Waals surface area contributed by atoms with Gasteiger partial charge < -0.3 is 10.1 Å². The van der Waals surface area contributed by atoms with Crippen molar-refractivity contribution in [3.63, 3.8) is 0 Å². The third kappa shape index (κ3) is 4.22. The van der Waals surface area contributed by atoms with E-state index < -0.39 is 0 Å². The Hall–Kier alpha value is -2.02. The van der Waals surface area contributed by atoms with Crippen molar-refractivity contribution in [1.82, 2.24) is 5.32 Å². The Morgan fingerprint density at radius 3 is 2.57 bits per heavy atom. The average Bonchev–Trinajstić information content (AvgIpc) is 2.54. The van der Waals surface area contributed by atoms with Crippen LogP contribution in [0.3, 0.4) is 0 Å². The topological polar surface area (TPSA) is 62.1 Å². The first-order valence-electron chi connectivity index (χ1n) is 7.68. The summed E-state index contributed by atoms with van der Waals surface area (Å²) in [6, 6.07) is 8.88. The molecule has 0 heterocycles. The van der Waals surface area contributed by atoms with Crippen LogP contribution in [0, 0.1) is 17.2 Å². The largest absolute Gasteiger partial charge is 0.494 e. The lowest BCUT2D eigenvalue weighted by molar-refractivity contribution is 0.0929. The minimum absolute atomic E-state index is 0.185. The van der Waals surface area contributed by atoms with Gasteiger partial charge in [-0.15, -0.1) is 0 Å². The van der Waals surface area contributed by atoms with Gasteiger partial charge >= 0.3 is 0 Å². The van der Waals surface area contributed by atoms with Crippen molar-refractivity contribution in [3.05, 3.63) is 29.8 Å². The van der Waals surface area contributed by atoms with E-state index in [1.165, 1.54) is 6.42 Å². The van der Waals surface area contributed by atoms with E-state index in [1.54, 1.807) is 24.3 Å². The zero-order chi connectivity index (χ0) is 15.1. The molecule has 1 aliphatic carbocycles. The highest BCUT2D eigenvalue weighted by Gasteiger charge is 2.25. The van der Waals surface area contributed by atoms with Gasteiger partial charge in [-0.3, -0.25) is 4.79 Å². The number of carbonyl (C=O) groups is 1. The van der Waals surface area contributed by atoms with Gasteiger partial charge in [0.2, 0.25) is 0 Å². The highest BCUT2D eigenvalue weighted by atomic mass is 16.5. The van der Waals surface area contributed by atoms with Crippen LogP contribution in [0.4, 0.5) is 0 Å². The molecule has 0 saturated heterocycles. The van der Waals surface area contributed by atoms with E-state index in [-0.39, 0.29) is 17.9 Å². The predicted molar refractivity (Wildman–Crippen MR) is 81.1 cm³/mol. The van der Waals surface area contributed by atoms with Gasteiger partial charge in [-0.2, -0.15) is 5.26 Å². The van der Waals surface area contributed by atoms with E-state index in [0.29, 0.717) is 12.2 Å². The predicted octanol–water partition coefficient (Wildman–Crippen LogP) is 3.29. The highest BCUT2D eigenvalue weighted by Crippen LogP contribution is 2.26. The monoisotopic (exact) mass is 286 g/mol. The number of ether oxygens (including phenoxy) is 1. The fraction of sp³-hybridized carbons (Fsp3) is 0.529. The molecule has 1 unspecified atom stereocenters. The van der Waals surface area contributed by atoms with E-state index in [1.807, 2.05) is 6.92 Å². The van der Waals surface area contributed by atoms with Crippen molar-refractivity contribution in [3.8, 4) is 11.8 Å². The van der Waals surface area contributed by atoms with Gasteiger partial charge in [0.25, 0.3) is 5.91 Å². The van der Waals surface area contributed by atoms with Gasteiger partial charge in [0.05, 0.1) is 12.7 Å². The van der Waals surface area contributed by atoms with E-state index in [2.05, 4.69) is 11.4 Å². The highest BCUT2D eigenvalue weighted by molar-refractivity contribution is 5.94. The van der Waals surface area contributed by atoms with Crippen LogP contribution in [0.25, 0.3) is 0 Å². The summed E-state index contributed by atoms with van der Waals surface area (Å²) >= 11 is 0. The number of hydrogen-bond donors (Lipinski definition) is 1. The van der Waals surface area contributed by atoms with Gasteiger partial charge in [-0.25, -0.2) is 0 Å². The number of hydrogen-bond acceptors (Lipinski definition) is 3. The molecule has 1 aliphatic rings. The maximum Gasteiger partial charge on any atom is 0.252 e. The van der Waals surface area contributed by atoms with E-state index in [4.69, 9.17) is 4.74 Å². The summed E-state index contributed by atoms with van der Waals surface area (Å²) in [4.78, 5) is 12.2. The number of amides is 1. The molecule has 1 fully saturated rings. The molecule has 21 heavy (non-hydrogen) atoms. The van der Waals surface area contributed by atoms with Gasteiger partial charge in [0, 0.05) is 5.56 Å². The Morgan fingerprint density at radius 1 is 1.33 bits per heavy atom. The van der Waals surface area contributed by atoms with Crippen LogP contribution in [0.5, 0.6) is 5.75 Å². The van der Waals surface area contributed by atoms with Gasteiger partial charge in [0.15, 0.2) is 0 Å². The number of benzene rings is 1. The zero-order valence-corrected chi connectivity index (χ0v) is 12.5. The standard InChI is InChI=1S/C17H22N2O2/c1-2-21-15-10-8-14(9-11-15)17(20)19-16(12-18)13-6-4-3-5-7-13/h8-11,13,16H,2-7H2,1H3,(H,19,20). The minimum Gasteiger partial charge on any atom is -0.494 e. The zero-order valence-electron chi connectivity index (χ0n) is 12.5. The van der Waals surface area contributed by atoms with Crippen molar-refractivity contribution in [2.75, 3.05) is 6.61 Å². The van der Waals surface area contributed by atoms with Crippen molar-refractivity contribution in [2.24, 2.45) is 5.92 Å². The Bertz CT molecular complexity index is 499. The van der Waals surface area contributed by atoms with Crippen LogP contribution < -0.4 is 10.1 Å². The molecular weight excluding hydrogens is 264 g/mol. The summed E-state index contributed by atoms with van der Waals surface area (Å²) in [6.07, 6.45) is 5.61. The third-order valence-corrected chi connectivity index (χ3v) is 3.97. The average molecular weight is 286 g/mol. The number of nitriles is 1. The lowest BCUT2D eigenvalue weighted by atomic mass is 9.84. The summed E-state index contributed by atoms with van der Waals surface area (Å²) < 4.78 is 5.35. The summed E-state index contributed by atoms with van der Waals surface area (Å²) in [5.74, 6) is 0.851. The Labute approximate surface area is 126 Å². The van der Waals surface area contributed by atoms with Crippen LogP contribution in [0.1, 0.15) is 49.4 Å². The Balaban J connectivity index is 1.97. The summed E-state index contributed by atoms with van der Waals surface area (Å²) in [7, 11) is 0. The third-order valence-electron chi connectivity index (χ3n) is 3.97. The molecule has 112 valence electrons. The molecule has 4 heteroatoms. The first-order valence-corrected chi connectivity index (χ1v) is 7.68. The van der Waals surface area contributed by atoms with Gasteiger partial charge in [-0.05, 0) is 49.9 Å². The molecule has 0 aromatic heterocycles. The molecular formula is C17H22N2O2. The molecule has 1 aromatic carbocycles.